The zero-order valence-corrected chi connectivity index (χ0v) is 18.5. The van der Waals surface area contributed by atoms with E-state index < -0.39 is 0 Å². The van der Waals surface area contributed by atoms with Crippen LogP contribution in [0, 0.1) is 28.1 Å². The van der Waals surface area contributed by atoms with Gasteiger partial charge in [-0.25, -0.2) is 0 Å². The second-order valence-electron chi connectivity index (χ2n) is 9.97. The fraction of sp³-hybridized carbons (Fsp3) is 0.900. The Morgan fingerprint density at radius 2 is 1.65 bits per heavy atom. The third-order valence-corrected chi connectivity index (χ3v) is 13.7. The van der Waals surface area contributed by atoms with Crippen molar-refractivity contribution in [2.75, 3.05) is 12.1 Å². The van der Waals surface area contributed by atoms with E-state index in [1.807, 2.05) is 0 Å². The molecule has 0 heterocycles. The van der Waals surface area contributed by atoms with Crippen molar-refractivity contribution in [1.29, 1.82) is 0 Å². The van der Waals surface area contributed by atoms with Gasteiger partial charge in [0.1, 0.15) is 26.4 Å². The number of rotatable bonds is 6. The third-order valence-electron chi connectivity index (χ3n) is 7.95. The first-order valence-electron chi connectivity index (χ1n) is 9.16. The molecule has 0 N–H and O–H groups in total. The number of hydrogen-bond donors (Lipinski definition) is 0. The Bertz CT molecular complexity index is 528. The smallest absolute Gasteiger partial charge is 0.0682 e. The predicted octanol–water partition coefficient (Wildman–Crippen LogP) is 6.24. The maximum atomic E-state index is 6.73. The van der Waals surface area contributed by atoms with Crippen LogP contribution >= 0.6 is 15.1 Å². The highest BCUT2D eigenvalue weighted by molar-refractivity contribution is 7.73. The molecule has 3 heteroatoms. The van der Waals surface area contributed by atoms with E-state index in [1.54, 1.807) is 0 Å². The first-order chi connectivity index (χ1) is 10.3. The topological polar surface area (TPSA) is 0 Å². The van der Waals surface area contributed by atoms with Crippen LogP contribution in [0.15, 0.2) is 0 Å². The van der Waals surface area contributed by atoms with Crippen molar-refractivity contribution in [2.45, 2.75) is 72.8 Å². The van der Waals surface area contributed by atoms with Gasteiger partial charge in [-0.2, -0.15) is 0 Å². The monoisotopic (exact) mass is 350 g/mol. The average molecular weight is 350 g/mol. The van der Waals surface area contributed by atoms with Gasteiger partial charge in [-0.15, -0.1) is 0 Å². The zero-order chi connectivity index (χ0) is 18.0. The molecule has 0 aromatic carbocycles. The molecule has 128 valence electrons. The van der Waals surface area contributed by atoms with Gasteiger partial charge in [0.05, 0.1) is 20.4 Å². The van der Waals surface area contributed by atoms with Crippen molar-refractivity contribution < 1.29 is 0 Å². The highest BCUT2D eigenvalue weighted by atomic mass is 31.2. The maximum absolute atomic E-state index is 6.73. The Morgan fingerprint density at radius 3 is 2.09 bits per heavy atom. The number of fused-ring (bicyclic) bond motifs is 1. The molecule has 2 fully saturated rings. The standard InChI is InChI=1S/C20H37BP2/c1-11-22(9)13-23(10)17(3,4)12-20-14(2)18(5,6)16(21)15(20)19(20,7)8/h14-16H,9-13H2,1-8H3/q+2. The molecule has 2 rings (SSSR count). The van der Waals surface area contributed by atoms with E-state index in [9.17, 15) is 0 Å². The van der Waals surface area contributed by atoms with Crippen molar-refractivity contribution in [3.63, 3.8) is 0 Å². The van der Waals surface area contributed by atoms with Crippen LogP contribution in [0.1, 0.15) is 61.8 Å². The largest absolute Gasteiger partial charge is 0.252 e. The second kappa shape index (κ2) is 5.71. The van der Waals surface area contributed by atoms with E-state index in [0.29, 0.717) is 33.6 Å². The first kappa shape index (κ1) is 19.7. The zero-order valence-electron chi connectivity index (χ0n) is 16.7. The fourth-order valence-corrected chi connectivity index (χ4v) is 10.5. The highest BCUT2D eigenvalue weighted by Gasteiger charge is 2.81. The lowest BCUT2D eigenvalue weighted by atomic mass is 9.59. The van der Waals surface area contributed by atoms with Crippen LogP contribution in [-0.2, 0) is 0 Å². The van der Waals surface area contributed by atoms with Crippen LogP contribution < -0.4 is 0 Å². The van der Waals surface area contributed by atoms with Gasteiger partial charge in [-0.05, 0) is 55.3 Å². The van der Waals surface area contributed by atoms with E-state index in [1.165, 1.54) is 18.5 Å². The summed E-state index contributed by atoms with van der Waals surface area (Å²) >= 11 is 0. The van der Waals surface area contributed by atoms with Crippen molar-refractivity contribution >= 4 is 35.5 Å². The summed E-state index contributed by atoms with van der Waals surface area (Å²) in [5, 5.41) is 0.323. The average Bonchev–Trinajstić information content (AvgIpc) is 2.85. The Hall–Kier alpha value is 0.405. The normalized spacial score (nSPS) is 38.9. The van der Waals surface area contributed by atoms with E-state index in [0.717, 1.165) is 0 Å². The molecule has 2 radical (unpaired) electrons. The van der Waals surface area contributed by atoms with Crippen molar-refractivity contribution in [3.8, 4) is 0 Å². The molecule has 0 bridgehead atoms. The summed E-state index contributed by atoms with van der Waals surface area (Å²) in [6.45, 7) is 19.4. The van der Waals surface area contributed by atoms with Crippen LogP contribution in [0.4, 0.5) is 0 Å². The molecule has 23 heavy (non-hydrogen) atoms. The molecule has 0 nitrogen and oxygen atoms in total. The van der Waals surface area contributed by atoms with Gasteiger partial charge in [0, 0.05) is 0 Å². The van der Waals surface area contributed by atoms with E-state index in [4.69, 9.17) is 7.85 Å². The molecule has 6 unspecified atom stereocenters. The predicted molar refractivity (Wildman–Crippen MR) is 114 cm³/mol. The van der Waals surface area contributed by atoms with Gasteiger partial charge >= 0.3 is 0 Å². The fourth-order valence-electron chi connectivity index (χ4n) is 5.76. The molecule has 2 aliphatic carbocycles. The molecule has 6 atom stereocenters. The number of hydrogen-bond acceptors (Lipinski definition) is 0. The van der Waals surface area contributed by atoms with Crippen LogP contribution in [0.25, 0.3) is 0 Å². The molecule has 0 aromatic rings. The Kier molecular flexibility index (Phi) is 4.90. The summed E-state index contributed by atoms with van der Waals surface area (Å²) in [4.78, 5) is 0. The second-order valence-corrected chi connectivity index (χ2v) is 15.4. The first-order valence-corrected chi connectivity index (χ1v) is 12.8. The van der Waals surface area contributed by atoms with Gasteiger partial charge in [0.25, 0.3) is 5.90 Å². The van der Waals surface area contributed by atoms with Crippen molar-refractivity contribution in [3.05, 3.63) is 0 Å². The van der Waals surface area contributed by atoms with E-state index >= 15 is 0 Å². The van der Waals surface area contributed by atoms with Gasteiger partial charge < -0.3 is 0 Å². The van der Waals surface area contributed by atoms with Gasteiger partial charge in [0.15, 0.2) is 0 Å². The minimum Gasteiger partial charge on any atom is -0.0682 e. The quantitative estimate of drug-likeness (QED) is 0.393. The van der Waals surface area contributed by atoms with Crippen molar-refractivity contribution in [2.24, 2.45) is 28.1 Å². The van der Waals surface area contributed by atoms with Crippen LogP contribution in [0.2, 0.25) is 5.82 Å². The summed E-state index contributed by atoms with van der Waals surface area (Å²) in [6, 6.07) is 0. The van der Waals surface area contributed by atoms with Gasteiger partial charge in [-0.3, -0.25) is 0 Å². The SMILES string of the molecule is [B]C1C2C(C)(C)C2(CC(C)(C)[P+](=C)C[P+](=C)CC)C(C)C1(C)C. The molecule has 0 aromatic heterocycles. The molecule has 0 saturated heterocycles. The molecule has 0 amide bonds. The van der Waals surface area contributed by atoms with Crippen molar-refractivity contribution in [1.82, 2.24) is 0 Å². The minimum absolute atomic E-state index is 0.0740. The summed E-state index contributed by atoms with van der Waals surface area (Å²) in [6.07, 6.45) is 11.5. The van der Waals surface area contributed by atoms with E-state index in [2.05, 4.69) is 68.0 Å². The van der Waals surface area contributed by atoms with Crippen LogP contribution in [0.3, 0.4) is 0 Å². The summed E-state index contributed by atoms with van der Waals surface area (Å²) < 4.78 is 0. The van der Waals surface area contributed by atoms with E-state index in [-0.39, 0.29) is 20.5 Å². The molecule has 0 aliphatic heterocycles. The molecular formula is C20H37BP2+2. The van der Waals surface area contributed by atoms with Crippen LogP contribution in [-0.4, -0.2) is 37.7 Å². The van der Waals surface area contributed by atoms with Gasteiger partial charge in [0.2, 0.25) is 0 Å². The highest BCUT2D eigenvalue weighted by Crippen LogP contribution is 2.87. The molecule has 2 aliphatic rings. The lowest BCUT2D eigenvalue weighted by molar-refractivity contribution is 0.121. The lowest BCUT2D eigenvalue weighted by Crippen LogP contribution is -2.35. The minimum atomic E-state index is -0.221. The molecular weight excluding hydrogens is 313 g/mol. The molecule has 0 spiro atoms. The Morgan fingerprint density at radius 1 is 1.13 bits per heavy atom. The summed E-state index contributed by atoms with van der Waals surface area (Å²) in [7, 11) is 6.43. The van der Waals surface area contributed by atoms with Gasteiger partial charge in [-0.1, -0.05) is 40.4 Å². The van der Waals surface area contributed by atoms with Crippen LogP contribution in [0.5, 0.6) is 0 Å². The summed E-state index contributed by atoms with van der Waals surface area (Å²) in [5.74, 6) is 2.95. The summed E-state index contributed by atoms with van der Waals surface area (Å²) in [5.41, 5.74) is 1.05. The Labute approximate surface area is 148 Å². The maximum Gasteiger partial charge on any atom is 0.252 e. The lowest BCUT2D eigenvalue weighted by Gasteiger charge is -2.41. The Balaban J connectivity index is 2.28. The molecule has 2 saturated carbocycles. The third kappa shape index (κ3) is 2.64.